The van der Waals surface area contributed by atoms with E-state index in [-0.39, 0.29) is 0 Å². The van der Waals surface area contributed by atoms with Gasteiger partial charge in [0.05, 0.1) is 0 Å². The minimum absolute atomic E-state index is 0.665. The SMILES string of the molecule is CC(CN1CCCC1)NC1CCCC(C(C)C)CC1. The molecule has 0 radical (unpaired) electrons. The highest BCUT2D eigenvalue weighted by atomic mass is 15.2. The van der Waals surface area contributed by atoms with Crippen molar-refractivity contribution in [2.24, 2.45) is 11.8 Å². The summed E-state index contributed by atoms with van der Waals surface area (Å²) in [5.41, 5.74) is 0. The van der Waals surface area contributed by atoms with E-state index in [9.17, 15) is 0 Å². The number of likely N-dealkylation sites (tertiary alicyclic amines) is 1. The van der Waals surface area contributed by atoms with Gasteiger partial charge in [-0.05, 0) is 64.0 Å². The van der Waals surface area contributed by atoms with Gasteiger partial charge >= 0.3 is 0 Å². The van der Waals surface area contributed by atoms with Gasteiger partial charge < -0.3 is 10.2 Å². The van der Waals surface area contributed by atoms with Crippen LogP contribution in [0.15, 0.2) is 0 Å². The van der Waals surface area contributed by atoms with Gasteiger partial charge in [0.15, 0.2) is 0 Å². The van der Waals surface area contributed by atoms with Crippen LogP contribution in [-0.4, -0.2) is 36.6 Å². The molecule has 2 heteroatoms. The Hall–Kier alpha value is -0.0800. The molecule has 1 saturated carbocycles. The predicted octanol–water partition coefficient (Wildman–Crippen LogP) is 3.67. The first-order valence-corrected chi connectivity index (χ1v) is 8.63. The largest absolute Gasteiger partial charge is 0.310 e. The maximum Gasteiger partial charge on any atom is 0.0169 e. The van der Waals surface area contributed by atoms with Gasteiger partial charge in [0, 0.05) is 18.6 Å². The van der Waals surface area contributed by atoms with E-state index >= 15 is 0 Å². The van der Waals surface area contributed by atoms with Crippen molar-refractivity contribution in [2.45, 2.75) is 77.8 Å². The smallest absolute Gasteiger partial charge is 0.0169 e. The van der Waals surface area contributed by atoms with E-state index in [1.54, 1.807) is 0 Å². The molecule has 1 heterocycles. The summed E-state index contributed by atoms with van der Waals surface area (Å²) in [6, 6.07) is 1.44. The Labute approximate surface area is 120 Å². The molecule has 2 aliphatic rings. The zero-order valence-electron chi connectivity index (χ0n) is 13.3. The summed E-state index contributed by atoms with van der Waals surface area (Å²) < 4.78 is 0. The van der Waals surface area contributed by atoms with Crippen LogP contribution in [0.5, 0.6) is 0 Å². The lowest BCUT2D eigenvalue weighted by atomic mass is 9.89. The van der Waals surface area contributed by atoms with Crippen LogP contribution in [0.2, 0.25) is 0 Å². The minimum Gasteiger partial charge on any atom is -0.310 e. The highest BCUT2D eigenvalue weighted by molar-refractivity contribution is 4.80. The summed E-state index contributed by atoms with van der Waals surface area (Å²) in [6.45, 7) is 11.1. The average molecular weight is 266 g/mol. The first-order valence-electron chi connectivity index (χ1n) is 8.63. The van der Waals surface area contributed by atoms with Crippen LogP contribution in [0.3, 0.4) is 0 Å². The van der Waals surface area contributed by atoms with Crippen molar-refractivity contribution >= 4 is 0 Å². The van der Waals surface area contributed by atoms with E-state index < -0.39 is 0 Å². The molecule has 2 nitrogen and oxygen atoms in total. The highest BCUT2D eigenvalue weighted by Gasteiger charge is 2.22. The van der Waals surface area contributed by atoms with Gasteiger partial charge in [-0.2, -0.15) is 0 Å². The molecule has 112 valence electrons. The predicted molar refractivity (Wildman–Crippen MR) is 83.5 cm³/mol. The summed E-state index contributed by atoms with van der Waals surface area (Å²) in [5, 5.41) is 3.90. The molecule has 0 spiro atoms. The van der Waals surface area contributed by atoms with Gasteiger partial charge in [-0.25, -0.2) is 0 Å². The van der Waals surface area contributed by atoms with E-state index in [2.05, 4.69) is 31.0 Å². The van der Waals surface area contributed by atoms with Crippen LogP contribution in [0.4, 0.5) is 0 Å². The van der Waals surface area contributed by atoms with Crippen molar-refractivity contribution in [2.75, 3.05) is 19.6 Å². The molecule has 2 rings (SSSR count). The van der Waals surface area contributed by atoms with Gasteiger partial charge in [-0.1, -0.05) is 26.7 Å². The van der Waals surface area contributed by atoms with Crippen molar-refractivity contribution in [3.63, 3.8) is 0 Å². The van der Waals surface area contributed by atoms with Crippen molar-refractivity contribution in [1.29, 1.82) is 0 Å². The van der Waals surface area contributed by atoms with Gasteiger partial charge in [0.2, 0.25) is 0 Å². The van der Waals surface area contributed by atoms with Crippen LogP contribution in [-0.2, 0) is 0 Å². The van der Waals surface area contributed by atoms with Crippen molar-refractivity contribution < 1.29 is 0 Å². The standard InChI is InChI=1S/C17H34N2/c1-14(2)16-7-6-8-17(10-9-16)18-15(3)13-19-11-4-5-12-19/h14-18H,4-13H2,1-3H3. The maximum atomic E-state index is 3.90. The van der Waals surface area contributed by atoms with E-state index in [0.29, 0.717) is 6.04 Å². The topological polar surface area (TPSA) is 15.3 Å². The van der Waals surface area contributed by atoms with Crippen LogP contribution >= 0.6 is 0 Å². The van der Waals surface area contributed by atoms with Gasteiger partial charge in [0.25, 0.3) is 0 Å². The lowest BCUT2D eigenvalue weighted by Crippen LogP contribution is -2.43. The number of rotatable bonds is 5. The van der Waals surface area contributed by atoms with Gasteiger partial charge in [0.1, 0.15) is 0 Å². The summed E-state index contributed by atoms with van der Waals surface area (Å²) in [7, 11) is 0. The third-order valence-electron chi connectivity index (χ3n) is 5.21. The molecule has 1 aliphatic carbocycles. The summed E-state index contributed by atoms with van der Waals surface area (Å²) >= 11 is 0. The molecule has 3 unspecified atom stereocenters. The lowest BCUT2D eigenvalue weighted by Gasteiger charge is -2.26. The zero-order chi connectivity index (χ0) is 13.7. The highest BCUT2D eigenvalue weighted by Crippen LogP contribution is 2.29. The first-order chi connectivity index (χ1) is 9.15. The normalized spacial score (nSPS) is 31.6. The van der Waals surface area contributed by atoms with Gasteiger partial charge in [-0.15, -0.1) is 0 Å². The third-order valence-corrected chi connectivity index (χ3v) is 5.21. The summed E-state index contributed by atoms with van der Waals surface area (Å²) in [4.78, 5) is 2.63. The van der Waals surface area contributed by atoms with E-state index in [1.807, 2.05) is 0 Å². The molecule has 0 aromatic carbocycles. The zero-order valence-corrected chi connectivity index (χ0v) is 13.3. The Morgan fingerprint density at radius 1 is 0.947 bits per heavy atom. The number of nitrogens with zero attached hydrogens (tertiary/aromatic N) is 1. The molecule has 1 saturated heterocycles. The third kappa shape index (κ3) is 5.07. The minimum atomic E-state index is 0.665. The van der Waals surface area contributed by atoms with Gasteiger partial charge in [-0.3, -0.25) is 0 Å². The maximum absolute atomic E-state index is 3.90. The Balaban J connectivity index is 1.69. The lowest BCUT2D eigenvalue weighted by molar-refractivity contribution is 0.277. The van der Waals surface area contributed by atoms with Crippen LogP contribution in [0.1, 0.15) is 65.7 Å². The number of hydrogen-bond donors (Lipinski definition) is 1. The van der Waals surface area contributed by atoms with E-state index in [4.69, 9.17) is 0 Å². The Kier molecular flexibility index (Phi) is 6.15. The van der Waals surface area contributed by atoms with Crippen molar-refractivity contribution in [3.05, 3.63) is 0 Å². The Morgan fingerprint density at radius 3 is 2.37 bits per heavy atom. The Morgan fingerprint density at radius 2 is 1.68 bits per heavy atom. The molecule has 0 aromatic heterocycles. The fourth-order valence-corrected chi connectivity index (χ4v) is 3.97. The fourth-order valence-electron chi connectivity index (χ4n) is 3.97. The summed E-state index contributed by atoms with van der Waals surface area (Å²) in [6.07, 6.45) is 9.93. The molecule has 0 amide bonds. The summed E-state index contributed by atoms with van der Waals surface area (Å²) in [5.74, 6) is 1.85. The first kappa shape index (κ1) is 15.3. The molecular formula is C17H34N2. The van der Waals surface area contributed by atoms with E-state index in [1.165, 1.54) is 64.6 Å². The Bertz CT molecular complexity index is 246. The molecular weight excluding hydrogens is 232 g/mol. The monoisotopic (exact) mass is 266 g/mol. The molecule has 0 aromatic rings. The van der Waals surface area contributed by atoms with E-state index in [0.717, 1.165) is 17.9 Å². The van der Waals surface area contributed by atoms with Crippen LogP contribution in [0.25, 0.3) is 0 Å². The second-order valence-corrected chi connectivity index (χ2v) is 7.28. The van der Waals surface area contributed by atoms with Crippen LogP contribution in [0, 0.1) is 11.8 Å². The molecule has 19 heavy (non-hydrogen) atoms. The number of hydrogen-bond acceptors (Lipinski definition) is 2. The molecule has 2 fully saturated rings. The molecule has 3 atom stereocenters. The molecule has 1 aliphatic heterocycles. The second kappa shape index (κ2) is 7.64. The number of nitrogens with one attached hydrogen (secondary N) is 1. The average Bonchev–Trinajstić information content (AvgIpc) is 2.73. The van der Waals surface area contributed by atoms with Crippen molar-refractivity contribution in [3.8, 4) is 0 Å². The molecule has 1 N–H and O–H groups in total. The van der Waals surface area contributed by atoms with Crippen LogP contribution < -0.4 is 5.32 Å². The second-order valence-electron chi connectivity index (χ2n) is 7.28. The fraction of sp³-hybridized carbons (Fsp3) is 1.00. The molecule has 0 bridgehead atoms. The quantitative estimate of drug-likeness (QED) is 0.764. The van der Waals surface area contributed by atoms with Crippen molar-refractivity contribution in [1.82, 2.24) is 10.2 Å².